The average Bonchev–Trinajstić information content (AvgIpc) is 2.61. The van der Waals surface area contributed by atoms with Gasteiger partial charge in [0.1, 0.15) is 5.52 Å². The van der Waals surface area contributed by atoms with Gasteiger partial charge in [-0.2, -0.15) is 0 Å². The SMILES string of the molecule is COc1c(C)c(OC)c2nccc(-c3ccccc3)c2c1OC. The molecule has 2 aromatic carbocycles. The normalized spacial score (nSPS) is 10.6. The van der Waals surface area contributed by atoms with Gasteiger partial charge in [-0.3, -0.25) is 4.98 Å². The summed E-state index contributed by atoms with van der Waals surface area (Å²) in [5.41, 5.74) is 3.76. The summed E-state index contributed by atoms with van der Waals surface area (Å²) in [5, 5.41) is 0.889. The van der Waals surface area contributed by atoms with Gasteiger partial charge in [-0.1, -0.05) is 30.3 Å². The van der Waals surface area contributed by atoms with Gasteiger partial charge < -0.3 is 14.2 Å². The second-order valence-corrected chi connectivity index (χ2v) is 5.17. The second-order valence-electron chi connectivity index (χ2n) is 5.17. The van der Waals surface area contributed by atoms with E-state index in [0.29, 0.717) is 17.2 Å². The van der Waals surface area contributed by atoms with Crippen LogP contribution in [0.4, 0.5) is 0 Å². The minimum atomic E-state index is 0.669. The van der Waals surface area contributed by atoms with Crippen LogP contribution in [0.25, 0.3) is 22.0 Å². The van der Waals surface area contributed by atoms with Crippen molar-refractivity contribution in [2.24, 2.45) is 0 Å². The van der Waals surface area contributed by atoms with Crippen LogP contribution in [0, 0.1) is 6.92 Å². The number of hydrogen-bond donors (Lipinski definition) is 0. The molecule has 0 saturated heterocycles. The molecule has 0 amide bonds. The van der Waals surface area contributed by atoms with Crippen LogP contribution in [0.2, 0.25) is 0 Å². The molecule has 4 nitrogen and oxygen atoms in total. The first-order chi connectivity index (χ1) is 11.2. The zero-order valence-electron chi connectivity index (χ0n) is 13.7. The van der Waals surface area contributed by atoms with Gasteiger partial charge in [-0.25, -0.2) is 0 Å². The maximum absolute atomic E-state index is 5.67. The van der Waals surface area contributed by atoms with Crippen LogP contribution in [-0.4, -0.2) is 26.3 Å². The van der Waals surface area contributed by atoms with Crippen LogP contribution in [0.3, 0.4) is 0 Å². The Balaban J connectivity index is 2.49. The van der Waals surface area contributed by atoms with Crippen molar-refractivity contribution >= 4 is 10.9 Å². The minimum Gasteiger partial charge on any atom is -0.494 e. The third-order valence-electron chi connectivity index (χ3n) is 3.98. The van der Waals surface area contributed by atoms with Crippen LogP contribution < -0.4 is 14.2 Å². The third kappa shape index (κ3) is 2.36. The molecule has 0 fully saturated rings. The van der Waals surface area contributed by atoms with E-state index >= 15 is 0 Å². The Morgan fingerprint density at radius 1 is 0.783 bits per heavy atom. The van der Waals surface area contributed by atoms with E-state index in [1.165, 1.54) is 0 Å². The molecule has 0 aliphatic heterocycles. The molecule has 0 spiro atoms. The average molecular weight is 309 g/mol. The Bertz CT molecular complexity index is 844. The van der Waals surface area contributed by atoms with Crippen molar-refractivity contribution in [1.82, 2.24) is 4.98 Å². The third-order valence-corrected chi connectivity index (χ3v) is 3.98. The van der Waals surface area contributed by atoms with Crippen molar-refractivity contribution in [3.8, 4) is 28.4 Å². The van der Waals surface area contributed by atoms with E-state index in [1.807, 2.05) is 31.2 Å². The van der Waals surface area contributed by atoms with Crippen LogP contribution in [0.1, 0.15) is 5.56 Å². The van der Waals surface area contributed by atoms with Crippen molar-refractivity contribution in [1.29, 1.82) is 0 Å². The molecular formula is C19H19NO3. The minimum absolute atomic E-state index is 0.669. The quantitative estimate of drug-likeness (QED) is 0.723. The van der Waals surface area contributed by atoms with E-state index in [2.05, 4.69) is 17.1 Å². The number of ether oxygens (including phenoxy) is 3. The zero-order chi connectivity index (χ0) is 16.4. The van der Waals surface area contributed by atoms with Crippen LogP contribution in [0.5, 0.6) is 17.2 Å². The number of hydrogen-bond acceptors (Lipinski definition) is 4. The smallest absolute Gasteiger partial charge is 0.171 e. The Hall–Kier alpha value is -2.75. The van der Waals surface area contributed by atoms with Gasteiger partial charge >= 0.3 is 0 Å². The van der Waals surface area contributed by atoms with Crippen LogP contribution in [0.15, 0.2) is 42.6 Å². The molecule has 0 N–H and O–H groups in total. The van der Waals surface area contributed by atoms with E-state index in [0.717, 1.165) is 27.6 Å². The highest BCUT2D eigenvalue weighted by Gasteiger charge is 2.22. The van der Waals surface area contributed by atoms with Gasteiger partial charge in [0.2, 0.25) is 0 Å². The molecule has 118 valence electrons. The summed E-state index contributed by atoms with van der Waals surface area (Å²) >= 11 is 0. The molecule has 0 bridgehead atoms. The summed E-state index contributed by atoms with van der Waals surface area (Å²) < 4.78 is 16.8. The van der Waals surface area contributed by atoms with Crippen molar-refractivity contribution in [3.05, 3.63) is 48.2 Å². The molecule has 23 heavy (non-hydrogen) atoms. The van der Waals surface area contributed by atoms with E-state index in [-0.39, 0.29) is 0 Å². The molecule has 1 heterocycles. The maximum atomic E-state index is 5.67. The highest BCUT2D eigenvalue weighted by Crippen LogP contribution is 2.47. The molecule has 0 atom stereocenters. The highest BCUT2D eigenvalue weighted by molar-refractivity contribution is 6.04. The molecule has 0 unspecified atom stereocenters. The predicted molar refractivity (Wildman–Crippen MR) is 91.6 cm³/mol. The van der Waals surface area contributed by atoms with Gasteiger partial charge in [0.05, 0.1) is 26.7 Å². The van der Waals surface area contributed by atoms with Gasteiger partial charge in [0.25, 0.3) is 0 Å². The second kappa shape index (κ2) is 6.16. The number of benzene rings is 2. The summed E-state index contributed by atoms with van der Waals surface area (Å²) in [4.78, 5) is 4.52. The fraction of sp³-hybridized carbons (Fsp3) is 0.211. The number of nitrogens with zero attached hydrogens (tertiary/aromatic N) is 1. The first kappa shape index (κ1) is 15.2. The Kier molecular flexibility index (Phi) is 4.06. The molecule has 3 aromatic rings. The van der Waals surface area contributed by atoms with Gasteiger partial charge in [0.15, 0.2) is 17.2 Å². The summed E-state index contributed by atoms with van der Waals surface area (Å²) in [6.45, 7) is 1.94. The fourth-order valence-corrected chi connectivity index (χ4v) is 2.98. The Morgan fingerprint density at radius 3 is 2.04 bits per heavy atom. The van der Waals surface area contributed by atoms with Gasteiger partial charge in [-0.15, -0.1) is 0 Å². The molecule has 0 aliphatic carbocycles. The molecule has 0 radical (unpaired) electrons. The van der Waals surface area contributed by atoms with Crippen molar-refractivity contribution in [2.75, 3.05) is 21.3 Å². The molecule has 0 saturated carbocycles. The summed E-state index contributed by atoms with van der Waals surface area (Å²) in [7, 11) is 4.92. The van der Waals surface area contributed by atoms with E-state index in [4.69, 9.17) is 14.2 Å². The monoisotopic (exact) mass is 309 g/mol. The summed E-state index contributed by atoms with van der Waals surface area (Å²) in [6.07, 6.45) is 1.79. The standard InChI is InChI=1S/C19H19NO3/c1-12-17(21-2)16-15(19(23-4)18(12)22-3)14(10-11-20-16)13-8-6-5-7-9-13/h5-11H,1-4H3. The summed E-state index contributed by atoms with van der Waals surface area (Å²) in [6, 6.07) is 12.1. The van der Waals surface area contributed by atoms with Crippen molar-refractivity contribution in [2.45, 2.75) is 6.92 Å². The first-order valence-corrected chi connectivity index (χ1v) is 7.35. The van der Waals surface area contributed by atoms with E-state index in [1.54, 1.807) is 27.5 Å². The Morgan fingerprint density at radius 2 is 1.43 bits per heavy atom. The molecule has 3 rings (SSSR count). The fourth-order valence-electron chi connectivity index (χ4n) is 2.98. The van der Waals surface area contributed by atoms with Crippen molar-refractivity contribution < 1.29 is 14.2 Å². The predicted octanol–water partition coefficient (Wildman–Crippen LogP) is 4.24. The lowest BCUT2D eigenvalue weighted by molar-refractivity contribution is 0.350. The lowest BCUT2D eigenvalue weighted by Crippen LogP contribution is -2.00. The number of fused-ring (bicyclic) bond motifs is 1. The van der Waals surface area contributed by atoms with Gasteiger partial charge in [0, 0.05) is 11.8 Å². The molecule has 1 aromatic heterocycles. The van der Waals surface area contributed by atoms with Crippen LogP contribution in [-0.2, 0) is 0 Å². The molecular weight excluding hydrogens is 290 g/mol. The topological polar surface area (TPSA) is 40.6 Å². The zero-order valence-corrected chi connectivity index (χ0v) is 13.7. The van der Waals surface area contributed by atoms with E-state index < -0.39 is 0 Å². The largest absolute Gasteiger partial charge is 0.494 e. The number of rotatable bonds is 4. The summed E-state index contributed by atoms with van der Waals surface area (Å²) in [5.74, 6) is 2.05. The lowest BCUT2D eigenvalue weighted by atomic mass is 9.98. The van der Waals surface area contributed by atoms with Crippen molar-refractivity contribution in [3.63, 3.8) is 0 Å². The lowest BCUT2D eigenvalue weighted by Gasteiger charge is -2.19. The van der Waals surface area contributed by atoms with Gasteiger partial charge in [-0.05, 0) is 24.1 Å². The Labute approximate surface area is 135 Å². The number of pyridine rings is 1. The molecule has 0 aliphatic rings. The molecule has 4 heteroatoms. The number of methoxy groups -OCH3 is 3. The number of aromatic nitrogens is 1. The first-order valence-electron chi connectivity index (χ1n) is 7.35. The maximum Gasteiger partial charge on any atom is 0.171 e. The van der Waals surface area contributed by atoms with Crippen LogP contribution >= 0.6 is 0 Å². The highest BCUT2D eigenvalue weighted by atomic mass is 16.5. The van der Waals surface area contributed by atoms with E-state index in [9.17, 15) is 0 Å².